The Balaban J connectivity index is 1.82. The molecular weight excluding hydrogens is 340 g/mol. The number of carbonyl (C=O) groups is 3. The molecule has 3 saturated carbocycles. The van der Waals surface area contributed by atoms with Crippen LogP contribution in [0.2, 0.25) is 0 Å². The Morgan fingerprint density at radius 1 is 0.926 bits per heavy atom. The van der Waals surface area contributed by atoms with Gasteiger partial charge < -0.3 is 4.74 Å². The summed E-state index contributed by atoms with van der Waals surface area (Å²) in [5.41, 5.74) is 0.207. The van der Waals surface area contributed by atoms with Crippen molar-refractivity contribution in [1.82, 2.24) is 0 Å². The molecule has 0 aromatic heterocycles. The Morgan fingerprint density at radius 3 is 2.00 bits per heavy atom. The highest BCUT2D eigenvalue weighted by Crippen LogP contribution is 2.53. The van der Waals surface area contributed by atoms with Crippen LogP contribution in [0, 0.1) is 17.8 Å². The average molecular weight is 362 g/mol. The number of hydrogen-bond acceptors (Lipinski definition) is 4. The van der Waals surface area contributed by atoms with Gasteiger partial charge in [0.15, 0.2) is 11.6 Å². The lowest BCUT2D eigenvalue weighted by Gasteiger charge is -2.53. The minimum Gasteiger partial charge on any atom is -0.377 e. The Labute approximate surface area is 158 Å². The van der Waals surface area contributed by atoms with E-state index in [1.165, 1.54) is 0 Å². The van der Waals surface area contributed by atoms with Crippen molar-refractivity contribution in [2.45, 2.75) is 24.9 Å². The molecule has 4 heteroatoms. The number of fused-ring (bicyclic) bond motifs is 3. The Morgan fingerprint density at radius 2 is 1.48 bits per heavy atom. The first-order valence-electron chi connectivity index (χ1n) is 9.34. The molecule has 2 bridgehead atoms. The van der Waals surface area contributed by atoms with Gasteiger partial charge in [0.1, 0.15) is 5.78 Å². The fraction of sp³-hybridized carbons (Fsp3) is 0.348. The summed E-state index contributed by atoms with van der Waals surface area (Å²) in [7, 11) is 1.55. The zero-order valence-electron chi connectivity index (χ0n) is 15.3. The number of benzene rings is 2. The molecule has 0 spiro atoms. The third kappa shape index (κ3) is 2.85. The number of ether oxygens (including phenoxy) is 1. The molecule has 4 atom stereocenters. The first-order valence-corrected chi connectivity index (χ1v) is 9.34. The van der Waals surface area contributed by atoms with Gasteiger partial charge in [-0.05, 0) is 12.8 Å². The molecule has 0 aliphatic heterocycles. The van der Waals surface area contributed by atoms with Crippen LogP contribution in [-0.4, -0.2) is 30.1 Å². The standard InChI is InChI=1S/C23H22O4/c1-27-23-13-12-17(18(24)14-23)19(21(25)15-8-4-2-5-9-15)20(23)22(26)16-10-6-3-7-11-16/h2-11,17,19-20H,12-14H2,1H3/t17-,19-,20-,23-/m0/s1. The second-order valence-corrected chi connectivity index (χ2v) is 7.52. The van der Waals surface area contributed by atoms with Crippen LogP contribution in [0.25, 0.3) is 0 Å². The van der Waals surface area contributed by atoms with Gasteiger partial charge in [0.2, 0.25) is 0 Å². The molecule has 138 valence electrons. The van der Waals surface area contributed by atoms with E-state index in [1.807, 2.05) is 24.3 Å². The number of rotatable bonds is 5. The monoisotopic (exact) mass is 362 g/mol. The molecule has 0 N–H and O–H groups in total. The molecule has 0 saturated heterocycles. The van der Waals surface area contributed by atoms with E-state index in [0.717, 1.165) is 0 Å². The van der Waals surface area contributed by atoms with Gasteiger partial charge in [-0.2, -0.15) is 0 Å². The normalized spacial score (nSPS) is 29.5. The predicted molar refractivity (Wildman–Crippen MR) is 101 cm³/mol. The number of hydrogen-bond donors (Lipinski definition) is 0. The third-order valence-corrected chi connectivity index (χ3v) is 6.23. The summed E-state index contributed by atoms with van der Waals surface area (Å²) >= 11 is 0. The number of Topliss-reactive ketones (excluding diaryl/α,β-unsaturated/α-hetero) is 3. The Hall–Kier alpha value is -2.59. The SMILES string of the molecule is CO[C@@]12CC[C@@H](C(=O)C1)[C@H](C(=O)c1ccccc1)[C@H]2C(=O)c1ccccc1. The van der Waals surface area contributed by atoms with Crippen LogP contribution < -0.4 is 0 Å². The number of ketones is 3. The van der Waals surface area contributed by atoms with Crippen molar-refractivity contribution in [1.29, 1.82) is 0 Å². The van der Waals surface area contributed by atoms with Gasteiger partial charge in [-0.25, -0.2) is 0 Å². The summed E-state index contributed by atoms with van der Waals surface area (Å²) in [6.07, 6.45) is 1.42. The van der Waals surface area contributed by atoms with Gasteiger partial charge in [-0.1, -0.05) is 60.7 Å². The van der Waals surface area contributed by atoms with Crippen LogP contribution in [-0.2, 0) is 9.53 Å². The zero-order chi connectivity index (χ0) is 19.0. The molecule has 4 nitrogen and oxygen atoms in total. The molecule has 27 heavy (non-hydrogen) atoms. The van der Waals surface area contributed by atoms with Gasteiger partial charge in [-0.15, -0.1) is 0 Å². The maximum Gasteiger partial charge on any atom is 0.169 e. The molecule has 3 fully saturated rings. The lowest BCUT2D eigenvalue weighted by atomic mass is 9.52. The predicted octanol–water partition coefficient (Wildman–Crippen LogP) is 3.75. The summed E-state index contributed by atoms with van der Waals surface area (Å²) < 4.78 is 5.81. The Bertz CT molecular complexity index is 874. The molecule has 3 aliphatic carbocycles. The average Bonchev–Trinajstić information content (AvgIpc) is 2.73. The maximum atomic E-state index is 13.5. The minimum atomic E-state index is -0.895. The lowest BCUT2D eigenvalue weighted by molar-refractivity contribution is -0.161. The highest BCUT2D eigenvalue weighted by atomic mass is 16.5. The van der Waals surface area contributed by atoms with E-state index in [2.05, 4.69) is 0 Å². The van der Waals surface area contributed by atoms with Crippen LogP contribution in [0.1, 0.15) is 40.0 Å². The zero-order valence-corrected chi connectivity index (χ0v) is 15.3. The highest BCUT2D eigenvalue weighted by molar-refractivity contribution is 6.09. The van der Waals surface area contributed by atoms with E-state index < -0.39 is 23.4 Å². The summed E-state index contributed by atoms with van der Waals surface area (Å²) in [5, 5.41) is 0. The van der Waals surface area contributed by atoms with E-state index >= 15 is 0 Å². The van der Waals surface area contributed by atoms with Crippen LogP contribution in [0.5, 0.6) is 0 Å². The molecular formula is C23H22O4. The molecule has 2 aromatic rings. The molecule has 3 aliphatic rings. The van der Waals surface area contributed by atoms with E-state index in [-0.39, 0.29) is 23.8 Å². The van der Waals surface area contributed by atoms with Crippen molar-refractivity contribution in [2.75, 3.05) is 7.11 Å². The molecule has 2 aromatic carbocycles. The van der Waals surface area contributed by atoms with Crippen LogP contribution >= 0.6 is 0 Å². The van der Waals surface area contributed by atoms with Crippen molar-refractivity contribution in [3.8, 4) is 0 Å². The second kappa shape index (κ2) is 6.86. The van der Waals surface area contributed by atoms with Gasteiger partial charge in [0, 0.05) is 36.5 Å². The van der Waals surface area contributed by atoms with E-state index in [0.29, 0.717) is 24.0 Å². The quantitative estimate of drug-likeness (QED) is 0.760. The van der Waals surface area contributed by atoms with E-state index in [1.54, 1.807) is 43.5 Å². The number of methoxy groups -OCH3 is 1. The molecule has 0 heterocycles. The smallest absolute Gasteiger partial charge is 0.169 e. The molecule has 0 radical (unpaired) electrons. The van der Waals surface area contributed by atoms with E-state index in [9.17, 15) is 14.4 Å². The van der Waals surface area contributed by atoms with Gasteiger partial charge in [0.25, 0.3) is 0 Å². The van der Waals surface area contributed by atoms with E-state index in [4.69, 9.17) is 4.74 Å². The van der Waals surface area contributed by atoms with Crippen LogP contribution in [0.4, 0.5) is 0 Å². The van der Waals surface area contributed by atoms with Crippen molar-refractivity contribution < 1.29 is 19.1 Å². The maximum absolute atomic E-state index is 13.5. The largest absolute Gasteiger partial charge is 0.377 e. The van der Waals surface area contributed by atoms with Crippen LogP contribution in [0.3, 0.4) is 0 Å². The summed E-state index contributed by atoms with van der Waals surface area (Å²) in [5.74, 6) is -1.93. The molecule has 0 unspecified atom stereocenters. The van der Waals surface area contributed by atoms with Crippen molar-refractivity contribution >= 4 is 17.3 Å². The molecule has 5 rings (SSSR count). The highest BCUT2D eigenvalue weighted by Gasteiger charge is 2.62. The second-order valence-electron chi connectivity index (χ2n) is 7.52. The fourth-order valence-corrected chi connectivity index (χ4v) is 4.89. The summed E-state index contributed by atoms with van der Waals surface area (Å²) in [4.78, 5) is 39.6. The number of carbonyl (C=O) groups excluding carboxylic acids is 3. The fourth-order valence-electron chi connectivity index (χ4n) is 4.89. The molecule has 0 amide bonds. The Kier molecular flexibility index (Phi) is 4.52. The topological polar surface area (TPSA) is 60.4 Å². The lowest BCUT2D eigenvalue weighted by Crippen LogP contribution is -2.62. The van der Waals surface area contributed by atoms with Crippen LogP contribution in [0.15, 0.2) is 60.7 Å². The first kappa shape index (κ1) is 17.8. The minimum absolute atomic E-state index is 0.0366. The van der Waals surface area contributed by atoms with Crippen molar-refractivity contribution in [3.63, 3.8) is 0 Å². The summed E-state index contributed by atoms with van der Waals surface area (Å²) in [6, 6.07) is 18.0. The first-order chi connectivity index (χ1) is 13.1. The van der Waals surface area contributed by atoms with Crippen molar-refractivity contribution in [3.05, 3.63) is 71.8 Å². The van der Waals surface area contributed by atoms with Crippen molar-refractivity contribution in [2.24, 2.45) is 17.8 Å². The van der Waals surface area contributed by atoms with Gasteiger partial charge in [-0.3, -0.25) is 14.4 Å². The summed E-state index contributed by atoms with van der Waals surface area (Å²) in [6.45, 7) is 0. The third-order valence-electron chi connectivity index (χ3n) is 6.23. The van der Waals surface area contributed by atoms with Gasteiger partial charge in [0.05, 0.1) is 11.5 Å². The van der Waals surface area contributed by atoms with Gasteiger partial charge >= 0.3 is 0 Å².